The number of aromatic nitrogens is 2. The first kappa shape index (κ1) is 23.8. The first-order valence-corrected chi connectivity index (χ1v) is 12.3. The highest BCUT2D eigenvalue weighted by Gasteiger charge is 2.34. The van der Waals surface area contributed by atoms with E-state index in [-0.39, 0.29) is 6.04 Å². The van der Waals surface area contributed by atoms with Crippen molar-refractivity contribution in [1.82, 2.24) is 15.5 Å². The molecule has 0 saturated heterocycles. The quantitative estimate of drug-likeness (QED) is 0.306. The summed E-state index contributed by atoms with van der Waals surface area (Å²) < 4.78 is 11.1. The van der Waals surface area contributed by atoms with Gasteiger partial charge < -0.3 is 14.6 Å². The van der Waals surface area contributed by atoms with Gasteiger partial charge >= 0.3 is 0 Å². The Morgan fingerprint density at radius 2 is 1.67 bits per heavy atom. The van der Waals surface area contributed by atoms with E-state index in [2.05, 4.69) is 72.9 Å². The summed E-state index contributed by atoms with van der Waals surface area (Å²) in [7, 11) is 1.64. The van der Waals surface area contributed by atoms with E-state index in [1.807, 2.05) is 36.1 Å². The van der Waals surface area contributed by atoms with Gasteiger partial charge in [-0.15, -0.1) is 0 Å². The number of nitrogens with zero attached hydrogens (tertiary/aromatic N) is 3. The number of nitrogens with one attached hydrogen (secondary N) is 1. The van der Waals surface area contributed by atoms with Crippen LogP contribution in [0.1, 0.15) is 42.5 Å². The Balaban J connectivity index is 1.62. The van der Waals surface area contributed by atoms with Crippen LogP contribution in [0.3, 0.4) is 0 Å². The van der Waals surface area contributed by atoms with Crippen LogP contribution in [-0.2, 0) is 6.42 Å². The van der Waals surface area contributed by atoms with Crippen molar-refractivity contribution in [2.75, 3.05) is 12.0 Å². The van der Waals surface area contributed by atoms with E-state index in [4.69, 9.17) is 26.5 Å². The van der Waals surface area contributed by atoms with Gasteiger partial charge in [0.1, 0.15) is 5.75 Å². The number of allylic oxidation sites excluding steroid dienone is 1. The Morgan fingerprint density at radius 3 is 2.31 bits per heavy atom. The van der Waals surface area contributed by atoms with E-state index in [1.165, 1.54) is 11.1 Å². The van der Waals surface area contributed by atoms with Crippen LogP contribution in [-0.4, -0.2) is 22.4 Å². The van der Waals surface area contributed by atoms with Crippen molar-refractivity contribution in [3.63, 3.8) is 0 Å². The molecule has 1 aliphatic heterocycles. The van der Waals surface area contributed by atoms with Crippen molar-refractivity contribution in [2.24, 2.45) is 0 Å². The minimum Gasteiger partial charge on any atom is -0.497 e. The zero-order valence-corrected chi connectivity index (χ0v) is 21.6. The van der Waals surface area contributed by atoms with Crippen LogP contribution in [0.4, 0.5) is 5.69 Å². The number of hydrogen-bond acceptors (Lipinski definition) is 5. The zero-order valence-electron chi connectivity index (χ0n) is 20.8. The highest BCUT2D eigenvalue weighted by Crippen LogP contribution is 2.39. The minimum atomic E-state index is -0.228. The molecule has 1 atom stereocenters. The van der Waals surface area contributed by atoms with Crippen molar-refractivity contribution in [2.45, 2.75) is 33.2 Å². The summed E-state index contributed by atoms with van der Waals surface area (Å²) in [5, 5.41) is 8.45. The molecular weight excluding hydrogens is 468 g/mol. The molecular formula is C29H28N4O2S. The molecule has 0 fully saturated rings. The molecule has 1 N–H and O–H groups in total. The molecule has 3 aromatic carbocycles. The third kappa shape index (κ3) is 4.50. The van der Waals surface area contributed by atoms with E-state index < -0.39 is 0 Å². The number of methoxy groups -OCH3 is 1. The molecule has 0 aliphatic carbocycles. The molecule has 1 aliphatic rings. The normalized spacial score (nSPS) is 15.7. The predicted molar refractivity (Wildman–Crippen MR) is 147 cm³/mol. The predicted octanol–water partition coefficient (Wildman–Crippen LogP) is 6.48. The van der Waals surface area contributed by atoms with Crippen molar-refractivity contribution in [1.29, 1.82) is 0 Å². The summed E-state index contributed by atoms with van der Waals surface area (Å²) in [6, 6.07) is 24.2. The number of rotatable bonds is 6. The standard InChI is InChI=1S/C29H28N4O2S/c1-5-20-8-10-21(11-9-20)26-25(19(3)33(29(36)30-26)23-14-6-18(2)7-15-23)28-31-27(32-35-28)22-12-16-24(34-4)17-13-22/h6-17,26H,5H2,1-4H3,(H,30,36). The second-order valence-corrected chi connectivity index (χ2v) is 9.19. The molecule has 4 aromatic rings. The van der Waals surface area contributed by atoms with Crippen LogP contribution >= 0.6 is 12.2 Å². The minimum absolute atomic E-state index is 0.228. The van der Waals surface area contributed by atoms with Crippen LogP contribution in [0.15, 0.2) is 83.0 Å². The second-order valence-electron chi connectivity index (χ2n) is 8.80. The molecule has 0 spiro atoms. The van der Waals surface area contributed by atoms with Crippen LogP contribution in [0.5, 0.6) is 5.75 Å². The van der Waals surface area contributed by atoms with Crippen LogP contribution in [0.2, 0.25) is 0 Å². The lowest BCUT2D eigenvalue weighted by Crippen LogP contribution is -2.46. The summed E-state index contributed by atoms with van der Waals surface area (Å²) in [6.45, 7) is 6.27. The average molecular weight is 497 g/mol. The lowest BCUT2D eigenvalue weighted by atomic mass is 9.93. The Labute approximate surface area is 216 Å². The Hall–Kier alpha value is -3.97. The molecule has 1 unspecified atom stereocenters. The van der Waals surface area contributed by atoms with Crippen molar-refractivity contribution in [3.8, 4) is 17.1 Å². The topological polar surface area (TPSA) is 63.4 Å². The molecule has 0 amide bonds. The molecule has 5 rings (SSSR count). The van der Waals surface area contributed by atoms with Gasteiger partial charge in [0.15, 0.2) is 5.11 Å². The van der Waals surface area contributed by atoms with Crippen LogP contribution in [0, 0.1) is 6.92 Å². The smallest absolute Gasteiger partial charge is 0.258 e. The molecule has 1 aromatic heterocycles. The van der Waals surface area contributed by atoms with Crippen molar-refractivity contribution < 1.29 is 9.26 Å². The monoisotopic (exact) mass is 496 g/mol. The van der Waals surface area contributed by atoms with Gasteiger partial charge in [0.05, 0.1) is 18.7 Å². The van der Waals surface area contributed by atoms with Gasteiger partial charge in [0.2, 0.25) is 5.82 Å². The highest BCUT2D eigenvalue weighted by molar-refractivity contribution is 7.80. The van der Waals surface area contributed by atoms with E-state index in [9.17, 15) is 0 Å². The van der Waals surface area contributed by atoms with E-state index in [0.717, 1.165) is 40.3 Å². The SMILES string of the molecule is CCc1ccc(C2NC(=S)N(c3ccc(C)cc3)C(C)=C2c2nc(-c3ccc(OC)cc3)no2)cc1. The van der Waals surface area contributed by atoms with E-state index in [1.54, 1.807) is 7.11 Å². The fourth-order valence-corrected chi connectivity index (χ4v) is 4.77. The Morgan fingerprint density at radius 1 is 0.972 bits per heavy atom. The lowest BCUT2D eigenvalue weighted by molar-refractivity contribution is 0.404. The number of hydrogen-bond donors (Lipinski definition) is 1. The van der Waals surface area contributed by atoms with Gasteiger partial charge in [-0.2, -0.15) is 4.98 Å². The number of anilines is 1. The number of thiocarbonyl (C=S) groups is 1. The van der Waals surface area contributed by atoms with E-state index in [0.29, 0.717) is 16.8 Å². The lowest BCUT2D eigenvalue weighted by Gasteiger charge is -2.37. The molecule has 6 nitrogen and oxygen atoms in total. The first-order valence-electron chi connectivity index (χ1n) is 11.9. The van der Waals surface area contributed by atoms with Gasteiger partial charge in [-0.05, 0) is 80.0 Å². The van der Waals surface area contributed by atoms with Gasteiger partial charge in [-0.25, -0.2) is 0 Å². The fraction of sp³-hybridized carbons (Fsp3) is 0.207. The Kier molecular flexibility index (Phi) is 6.57. The maximum absolute atomic E-state index is 5.86. The summed E-state index contributed by atoms with van der Waals surface area (Å²) in [6.07, 6.45) is 0.981. The zero-order chi connectivity index (χ0) is 25.2. The molecule has 182 valence electrons. The van der Waals surface area contributed by atoms with Gasteiger partial charge in [0, 0.05) is 16.9 Å². The maximum atomic E-state index is 5.86. The molecule has 0 saturated carbocycles. The van der Waals surface area contributed by atoms with Gasteiger partial charge in [0.25, 0.3) is 5.89 Å². The summed E-state index contributed by atoms with van der Waals surface area (Å²) in [5.74, 6) is 1.74. The number of aryl methyl sites for hydroxylation is 2. The number of benzene rings is 3. The van der Waals surface area contributed by atoms with Gasteiger partial charge in [-0.3, -0.25) is 4.90 Å². The largest absolute Gasteiger partial charge is 0.497 e. The number of ether oxygens (including phenoxy) is 1. The Bertz CT molecular complexity index is 1410. The van der Waals surface area contributed by atoms with Crippen molar-refractivity contribution >= 4 is 28.6 Å². The van der Waals surface area contributed by atoms with Gasteiger partial charge in [-0.1, -0.05) is 54.0 Å². The average Bonchev–Trinajstić information content (AvgIpc) is 3.39. The van der Waals surface area contributed by atoms with E-state index >= 15 is 0 Å². The highest BCUT2D eigenvalue weighted by atomic mass is 32.1. The fourth-order valence-electron chi connectivity index (χ4n) is 4.41. The van der Waals surface area contributed by atoms with Crippen molar-refractivity contribution in [3.05, 3.63) is 101 Å². The maximum Gasteiger partial charge on any atom is 0.258 e. The molecule has 0 radical (unpaired) electrons. The first-order chi connectivity index (χ1) is 17.5. The third-order valence-electron chi connectivity index (χ3n) is 6.50. The molecule has 2 heterocycles. The molecule has 36 heavy (non-hydrogen) atoms. The summed E-state index contributed by atoms with van der Waals surface area (Å²) >= 11 is 5.86. The third-order valence-corrected chi connectivity index (χ3v) is 6.80. The van der Waals surface area contributed by atoms with Crippen LogP contribution in [0.25, 0.3) is 17.0 Å². The summed E-state index contributed by atoms with van der Waals surface area (Å²) in [5.41, 5.74) is 7.20. The summed E-state index contributed by atoms with van der Waals surface area (Å²) in [4.78, 5) is 6.83. The molecule has 0 bridgehead atoms. The molecule has 7 heteroatoms. The van der Waals surface area contributed by atoms with Crippen LogP contribution < -0.4 is 15.0 Å². The second kappa shape index (κ2) is 9.95.